The van der Waals surface area contributed by atoms with E-state index in [2.05, 4.69) is 28.0 Å². The van der Waals surface area contributed by atoms with Crippen LogP contribution in [-0.2, 0) is 16.6 Å². The first kappa shape index (κ1) is 23.9. The highest BCUT2D eigenvalue weighted by atomic mass is 16.2. The van der Waals surface area contributed by atoms with Gasteiger partial charge in [0, 0.05) is 56.8 Å². The second-order valence-electron chi connectivity index (χ2n) is 12.0. The van der Waals surface area contributed by atoms with E-state index in [4.69, 9.17) is 10.8 Å². The summed E-state index contributed by atoms with van der Waals surface area (Å²) in [6.45, 7) is 8.02. The number of rotatable bonds is 4. The molecular weight excluding hydrogens is 452 g/mol. The highest BCUT2D eigenvalue weighted by molar-refractivity contribution is 6.13. The number of hydrogen-bond acceptors (Lipinski definition) is 6. The van der Waals surface area contributed by atoms with Crippen molar-refractivity contribution in [1.29, 1.82) is 0 Å². The maximum Gasteiger partial charge on any atom is 0.238 e. The standard InChI is InChI=1S/C28H40N6O2/c1-19-25(35)7-12-34(27(19)36)26-23-4-3-22(15-24(23)31(2)30-26)33-10-5-20(6-11-33)18-32-13-8-28(9-14-32)16-21(29)17-28/h3-4,15,19-21H,5-14,16-18,29H2,1-2H3. The summed E-state index contributed by atoms with van der Waals surface area (Å²) < 4.78 is 1.87. The number of ketones is 1. The molecule has 36 heavy (non-hydrogen) atoms. The predicted molar refractivity (Wildman–Crippen MR) is 142 cm³/mol. The van der Waals surface area contributed by atoms with Crippen LogP contribution in [0.5, 0.6) is 0 Å². The highest BCUT2D eigenvalue weighted by Gasteiger charge is 2.44. The maximum atomic E-state index is 12.8. The Kier molecular flexibility index (Phi) is 6.07. The number of hydrogen-bond donors (Lipinski definition) is 1. The molecule has 0 radical (unpaired) electrons. The molecule has 1 atom stereocenters. The van der Waals surface area contributed by atoms with Crippen LogP contribution < -0.4 is 15.5 Å². The van der Waals surface area contributed by atoms with Crippen molar-refractivity contribution in [2.75, 3.05) is 49.1 Å². The van der Waals surface area contributed by atoms with Gasteiger partial charge in [-0.05, 0) is 88.1 Å². The molecule has 8 nitrogen and oxygen atoms in total. The van der Waals surface area contributed by atoms with E-state index < -0.39 is 5.92 Å². The fourth-order valence-corrected chi connectivity index (χ4v) is 7.16. The molecule has 0 bridgehead atoms. The van der Waals surface area contributed by atoms with Gasteiger partial charge in [0.25, 0.3) is 0 Å². The molecular formula is C28H40N6O2. The summed E-state index contributed by atoms with van der Waals surface area (Å²) >= 11 is 0. The van der Waals surface area contributed by atoms with Crippen molar-refractivity contribution in [2.45, 2.75) is 57.9 Å². The van der Waals surface area contributed by atoms with Crippen LogP contribution in [0.25, 0.3) is 10.9 Å². The number of likely N-dealkylation sites (tertiary alicyclic amines) is 1. The largest absolute Gasteiger partial charge is 0.371 e. The van der Waals surface area contributed by atoms with E-state index in [1.54, 1.807) is 11.8 Å². The maximum absolute atomic E-state index is 12.8. The minimum atomic E-state index is -0.584. The molecule has 8 heteroatoms. The number of Topliss-reactive ketones (excluding diaryl/α,β-unsaturated/α-hetero) is 1. The second-order valence-corrected chi connectivity index (χ2v) is 12.0. The smallest absolute Gasteiger partial charge is 0.238 e. The van der Waals surface area contributed by atoms with Gasteiger partial charge in [0.1, 0.15) is 5.78 Å². The van der Waals surface area contributed by atoms with Crippen molar-refractivity contribution < 1.29 is 9.59 Å². The van der Waals surface area contributed by atoms with Gasteiger partial charge < -0.3 is 15.5 Å². The van der Waals surface area contributed by atoms with Gasteiger partial charge in [-0.1, -0.05) is 0 Å². The third-order valence-corrected chi connectivity index (χ3v) is 9.58. The molecule has 4 fully saturated rings. The fourth-order valence-electron chi connectivity index (χ4n) is 7.16. The van der Waals surface area contributed by atoms with Gasteiger partial charge in [0.15, 0.2) is 5.82 Å². The van der Waals surface area contributed by atoms with Crippen molar-refractivity contribution in [3.8, 4) is 0 Å². The Hall–Kier alpha value is -2.45. The molecule has 4 heterocycles. The summed E-state index contributed by atoms with van der Waals surface area (Å²) in [4.78, 5) is 31.6. The van der Waals surface area contributed by atoms with E-state index in [1.165, 1.54) is 63.8 Å². The first-order chi connectivity index (χ1) is 17.3. The van der Waals surface area contributed by atoms with E-state index in [0.717, 1.165) is 29.9 Å². The number of amides is 1. The monoisotopic (exact) mass is 492 g/mol. The van der Waals surface area contributed by atoms with Crippen molar-refractivity contribution in [3.05, 3.63) is 18.2 Å². The Balaban J connectivity index is 1.08. The quantitative estimate of drug-likeness (QED) is 0.661. The zero-order valence-corrected chi connectivity index (χ0v) is 21.8. The van der Waals surface area contributed by atoms with Crippen LogP contribution in [-0.4, -0.2) is 71.7 Å². The number of anilines is 2. The van der Waals surface area contributed by atoms with Crippen LogP contribution >= 0.6 is 0 Å². The lowest BCUT2D eigenvalue weighted by Gasteiger charge is -2.51. The Morgan fingerprint density at radius 3 is 2.47 bits per heavy atom. The molecule has 1 aliphatic carbocycles. The molecule has 194 valence electrons. The molecule has 6 rings (SSSR count). The average molecular weight is 493 g/mol. The molecule has 1 spiro atoms. The number of fused-ring (bicyclic) bond motifs is 1. The number of nitrogens with two attached hydrogens (primary N) is 1. The van der Waals surface area contributed by atoms with E-state index >= 15 is 0 Å². The van der Waals surface area contributed by atoms with E-state index in [-0.39, 0.29) is 11.7 Å². The Bertz CT molecular complexity index is 1150. The minimum absolute atomic E-state index is 0.0227. The highest BCUT2D eigenvalue weighted by Crippen LogP contribution is 2.48. The summed E-state index contributed by atoms with van der Waals surface area (Å²) in [6, 6.07) is 6.94. The minimum Gasteiger partial charge on any atom is -0.371 e. The molecule has 1 amide bonds. The summed E-state index contributed by atoms with van der Waals surface area (Å²) in [5, 5.41) is 5.66. The second kappa shape index (κ2) is 9.14. The number of nitrogens with zero attached hydrogens (tertiary/aromatic N) is 5. The molecule has 3 saturated heterocycles. The molecule has 1 aromatic heterocycles. The van der Waals surface area contributed by atoms with Gasteiger partial charge in [-0.3, -0.25) is 19.2 Å². The first-order valence-corrected chi connectivity index (χ1v) is 13.9. The van der Waals surface area contributed by atoms with Gasteiger partial charge in [-0.15, -0.1) is 0 Å². The molecule has 3 aliphatic heterocycles. The number of piperidine rings is 3. The fraction of sp³-hybridized carbons (Fsp3) is 0.679. The topological polar surface area (TPSA) is 87.7 Å². The van der Waals surface area contributed by atoms with Crippen LogP contribution in [0.15, 0.2) is 18.2 Å². The third kappa shape index (κ3) is 4.22. The van der Waals surface area contributed by atoms with E-state index in [9.17, 15) is 9.59 Å². The van der Waals surface area contributed by atoms with Crippen molar-refractivity contribution >= 4 is 34.1 Å². The summed E-state index contributed by atoms with van der Waals surface area (Å²) in [7, 11) is 1.94. The van der Waals surface area contributed by atoms with Gasteiger partial charge in [0.05, 0.1) is 11.4 Å². The zero-order valence-electron chi connectivity index (χ0n) is 21.8. The van der Waals surface area contributed by atoms with Gasteiger partial charge in [-0.25, -0.2) is 0 Å². The average Bonchev–Trinajstić information content (AvgIpc) is 3.19. The number of benzene rings is 1. The van der Waals surface area contributed by atoms with Crippen LogP contribution in [0.2, 0.25) is 0 Å². The normalized spacial score (nSPS) is 26.2. The van der Waals surface area contributed by atoms with Crippen LogP contribution in [0, 0.1) is 17.3 Å². The number of aryl methyl sites for hydroxylation is 1. The SMILES string of the molecule is CC1C(=O)CCN(c2nn(C)c3cc(N4CCC(CN5CCC6(CC5)CC(N)C6)CC4)ccc23)C1=O. The van der Waals surface area contributed by atoms with E-state index in [1.807, 2.05) is 11.7 Å². The zero-order chi connectivity index (χ0) is 25.0. The lowest BCUT2D eigenvalue weighted by molar-refractivity contribution is -0.133. The summed E-state index contributed by atoms with van der Waals surface area (Å²) in [6.07, 6.45) is 8.02. The van der Waals surface area contributed by atoms with Gasteiger partial charge in [0.2, 0.25) is 5.91 Å². The third-order valence-electron chi connectivity index (χ3n) is 9.58. The van der Waals surface area contributed by atoms with Crippen molar-refractivity contribution in [1.82, 2.24) is 14.7 Å². The molecule has 2 aromatic rings. The predicted octanol–water partition coefficient (Wildman–Crippen LogP) is 2.93. The van der Waals surface area contributed by atoms with Crippen LogP contribution in [0.4, 0.5) is 11.5 Å². The first-order valence-electron chi connectivity index (χ1n) is 13.9. The van der Waals surface area contributed by atoms with Crippen molar-refractivity contribution in [2.24, 2.45) is 30.0 Å². The molecule has 4 aliphatic rings. The molecule has 1 aromatic carbocycles. The molecule has 2 N–H and O–H groups in total. The van der Waals surface area contributed by atoms with Crippen LogP contribution in [0.1, 0.15) is 51.9 Å². The van der Waals surface area contributed by atoms with Crippen LogP contribution in [0.3, 0.4) is 0 Å². The number of carbonyl (C=O) groups is 2. The van der Waals surface area contributed by atoms with Gasteiger partial charge >= 0.3 is 0 Å². The lowest BCUT2D eigenvalue weighted by Crippen LogP contribution is -2.52. The summed E-state index contributed by atoms with van der Waals surface area (Å²) in [5.74, 6) is 0.751. The number of aromatic nitrogens is 2. The Morgan fingerprint density at radius 2 is 1.78 bits per heavy atom. The summed E-state index contributed by atoms with van der Waals surface area (Å²) in [5.41, 5.74) is 8.91. The molecule has 1 unspecified atom stereocenters. The Morgan fingerprint density at radius 1 is 1.06 bits per heavy atom. The Labute approximate surface area is 213 Å². The van der Waals surface area contributed by atoms with Gasteiger partial charge in [-0.2, -0.15) is 5.10 Å². The number of carbonyl (C=O) groups excluding carboxylic acids is 2. The van der Waals surface area contributed by atoms with E-state index in [0.29, 0.717) is 30.2 Å². The van der Waals surface area contributed by atoms with Crippen molar-refractivity contribution in [3.63, 3.8) is 0 Å². The lowest BCUT2D eigenvalue weighted by atomic mass is 9.60. The molecule has 1 saturated carbocycles.